The van der Waals surface area contributed by atoms with Crippen molar-refractivity contribution in [1.82, 2.24) is 9.78 Å². The van der Waals surface area contributed by atoms with E-state index in [2.05, 4.69) is 30.1 Å². The van der Waals surface area contributed by atoms with Gasteiger partial charge in [0.25, 0.3) is 0 Å². The van der Waals surface area contributed by atoms with Gasteiger partial charge < -0.3 is 10.1 Å². The predicted octanol–water partition coefficient (Wildman–Crippen LogP) is 6.03. The Morgan fingerprint density at radius 2 is 1.87 bits per heavy atom. The van der Waals surface area contributed by atoms with Crippen LogP contribution in [0.15, 0.2) is 36.4 Å². The first kappa shape index (κ1) is 23.1. The van der Waals surface area contributed by atoms with Crippen LogP contribution in [-0.4, -0.2) is 30.4 Å². The molecule has 2 aromatic carbocycles. The van der Waals surface area contributed by atoms with Gasteiger partial charge in [0.15, 0.2) is 17.5 Å². The topological polar surface area (TPSA) is 56.2 Å². The second-order valence-corrected chi connectivity index (χ2v) is 14.4. The van der Waals surface area contributed by atoms with Crippen molar-refractivity contribution in [3.05, 3.63) is 48.0 Å². The van der Waals surface area contributed by atoms with Crippen molar-refractivity contribution < 1.29 is 18.3 Å². The fourth-order valence-corrected chi connectivity index (χ4v) is 4.00. The van der Waals surface area contributed by atoms with Crippen molar-refractivity contribution in [3.63, 3.8) is 0 Å². The molecular weight excluding hydrogens is 416 g/mol. The molecule has 0 fully saturated rings. The minimum atomic E-state index is -1.29. The highest BCUT2D eigenvalue weighted by Gasteiger charge is 2.23. The van der Waals surface area contributed by atoms with Gasteiger partial charge in [0.05, 0.1) is 0 Å². The number of ether oxygens (including phenoxy) is 1. The van der Waals surface area contributed by atoms with Crippen molar-refractivity contribution in [3.8, 4) is 11.1 Å². The van der Waals surface area contributed by atoms with Gasteiger partial charge in [-0.2, -0.15) is 5.10 Å². The van der Waals surface area contributed by atoms with Crippen LogP contribution in [0.5, 0.6) is 0 Å². The van der Waals surface area contributed by atoms with Gasteiger partial charge in [0.1, 0.15) is 12.2 Å². The average Bonchev–Trinajstić information content (AvgIpc) is 3.05. The van der Waals surface area contributed by atoms with E-state index in [1.165, 1.54) is 10.7 Å². The van der Waals surface area contributed by atoms with Gasteiger partial charge in [-0.3, -0.25) is 4.79 Å². The maximum absolute atomic E-state index is 15.2. The largest absolute Gasteiger partial charge is 0.360 e. The summed E-state index contributed by atoms with van der Waals surface area (Å²) in [5.74, 6) is -1.97. The molecule has 0 aliphatic heterocycles. The molecule has 31 heavy (non-hydrogen) atoms. The summed E-state index contributed by atoms with van der Waals surface area (Å²) in [4.78, 5) is 12.2. The molecule has 5 nitrogen and oxygen atoms in total. The van der Waals surface area contributed by atoms with E-state index in [1.54, 1.807) is 24.3 Å². The van der Waals surface area contributed by atoms with Crippen molar-refractivity contribution >= 4 is 30.7 Å². The van der Waals surface area contributed by atoms with E-state index in [-0.39, 0.29) is 29.5 Å². The first-order chi connectivity index (χ1) is 14.7. The van der Waals surface area contributed by atoms with E-state index in [9.17, 15) is 9.18 Å². The fourth-order valence-electron chi connectivity index (χ4n) is 3.24. The Labute approximate surface area is 182 Å². The lowest BCUT2D eigenvalue weighted by Gasteiger charge is -2.15. The van der Waals surface area contributed by atoms with Gasteiger partial charge in [0, 0.05) is 32.1 Å². The number of anilines is 1. The normalized spacial score (nSPS) is 11.8. The molecule has 166 valence electrons. The first-order valence-corrected chi connectivity index (χ1v) is 14.2. The average molecular weight is 446 g/mol. The molecule has 0 aliphatic carbocycles. The van der Waals surface area contributed by atoms with Gasteiger partial charge >= 0.3 is 0 Å². The molecule has 0 aliphatic rings. The van der Waals surface area contributed by atoms with Gasteiger partial charge in [-0.15, -0.1) is 0 Å². The van der Waals surface area contributed by atoms with Crippen LogP contribution in [0.2, 0.25) is 25.7 Å². The van der Waals surface area contributed by atoms with Gasteiger partial charge in [0.2, 0.25) is 5.91 Å². The van der Waals surface area contributed by atoms with Crippen molar-refractivity contribution in [2.45, 2.75) is 52.2 Å². The molecule has 1 aromatic heterocycles. The van der Waals surface area contributed by atoms with E-state index in [4.69, 9.17) is 4.74 Å². The molecule has 8 heteroatoms. The van der Waals surface area contributed by atoms with Gasteiger partial charge in [-0.05, 0) is 24.1 Å². The highest BCUT2D eigenvalue weighted by atomic mass is 28.3. The Kier molecular flexibility index (Phi) is 7.22. The zero-order chi connectivity index (χ0) is 22.6. The fraction of sp³-hybridized carbons (Fsp3) is 0.391. The molecule has 3 aromatic rings. The Bertz CT molecular complexity index is 1060. The molecule has 0 saturated carbocycles. The molecule has 3 rings (SSSR count). The molecular formula is C23H29F2N3O2Si. The number of carbonyl (C=O) groups excluding carboxylic acids is 1. The van der Waals surface area contributed by atoms with Crippen molar-refractivity contribution in [2.24, 2.45) is 0 Å². The number of rotatable bonds is 9. The Balaban J connectivity index is 2.03. The van der Waals surface area contributed by atoms with Crippen LogP contribution >= 0.6 is 0 Å². The van der Waals surface area contributed by atoms with Crippen LogP contribution in [0.25, 0.3) is 22.0 Å². The molecule has 1 amide bonds. The minimum Gasteiger partial charge on any atom is -0.360 e. The summed E-state index contributed by atoms with van der Waals surface area (Å²) >= 11 is 0. The number of aromatic nitrogens is 2. The van der Waals surface area contributed by atoms with E-state index in [0.29, 0.717) is 30.4 Å². The quantitative estimate of drug-likeness (QED) is 0.323. The number of fused-ring (bicyclic) bond motifs is 1. The molecule has 0 saturated heterocycles. The van der Waals surface area contributed by atoms with Crippen LogP contribution in [0.1, 0.15) is 19.8 Å². The maximum atomic E-state index is 15.2. The lowest BCUT2D eigenvalue weighted by atomic mass is 10.0. The molecule has 0 radical (unpaired) electrons. The van der Waals surface area contributed by atoms with E-state index in [1.807, 2.05) is 13.0 Å². The third kappa shape index (κ3) is 5.56. The van der Waals surface area contributed by atoms with Crippen LogP contribution in [0, 0.1) is 11.6 Å². The van der Waals surface area contributed by atoms with E-state index in [0.717, 1.165) is 6.04 Å². The summed E-state index contributed by atoms with van der Waals surface area (Å²) in [6, 6.07) is 11.2. The zero-order valence-electron chi connectivity index (χ0n) is 18.5. The lowest BCUT2D eigenvalue weighted by molar-refractivity contribution is -0.116. The minimum absolute atomic E-state index is 0.0167. The smallest absolute Gasteiger partial charge is 0.225 e. The summed E-state index contributed by atoms with van der Waals surface area (Å²) in [5.41, 5.74) is 0.651. The number of hydrogen-bond acceptors (Lipinski definition) is 3. The van der Waals surface area contributed by atoms with E-state index >= 15 is 4.39 Å². The van der Waals surface area contributed by atoms with Gasteiger partial charge in [-0.1, -0.05) is 56.9 Å². The number of benzene rings is 2. The Hall–Kier alpha value is -2.58. The third-order valence-corrected chi connectivity index (χ3v) is 6.65. The summed E-state index contributed by atoms with van der Waals surface area (Å²) < 4.78 is 37.2. The second kappa shape index (κ2) is 9.70. The highest BCUT2D eigenvalue weighted by molar-refractivity contribution is 6.76. The SMILES string of the molecule is CCCC(=O)Nc1nn(COCC[Si](C)(C)C)c2c(F)c(F)c(-c3ccccc3)cc12. The maximum Gasteiger partial charge on any atom is 0.225 e. The van der Waals surface area contributed by atoms with Crippen LogP contribution in [0.3, 0.4) is 0 Å². The predicted molar refractivity (Wildman–Crippen MR) is 123 cm³/mol. The Morgan fingerprint density at radius 1 is 1.16 bits per heavy atom. The lowest BCUT2D eigenvalue weighted by Crippen LogP contribution is -2.22. The zero-order valence-corrected chi connectivity index (χ0v) is 19.5. The standard InChI is InChI=1S/C23H29F2N3O2Si/c1-5-9-19(29)26-23-18-14-17(16-10-7-6-8-11-16)20(24)21(25)22(18)28(27-23)15-30-12-13-31(2,3)4/h6-8,10-11,14H,5,9,12-13,15H2,1-4H3,(H,26,27,29). The summed E-state index contributed by atoms with van der Waals surface area (Å²) in [7, 11) is -1.29. The monoisotopic (exact) mass is 445 g/mol. The summed E-state index contributed by atoms with van der Waals surface area (Å²) in [6.07, 6.45) is 0.985. The van der Waals surface area contributed by atoms with Crippen LogP contribution in [-0.2, 0) is 16.3 Å². The second-order valence-electron chi connectivity index (χ2n) is 8.81. The molecule has 0 atom stereocenters. The number of nitrogens with zero attached hydrogens (tertiary/aromatic N) is 2. The molecule has 0 unspecified atom stereocenters. The number of carbonyl (C=O) groups is 1. The van der Waals surface area contributed by atoms with Crippen LogP contribution in [0.4, 0.5) is 14.6 Å². The molecule has 1 N–H and O–H groups in total. The molecule has 0 bridgehead atoms. The molecule has 0 spiro atoms. The first-order valence-electron chi connectivity index (χ1n) is 10.5. The molecule has 1 heterocycles. The number of hydrogen-bond donors (Lipinski definition) is 1. The van der Waals surface area contributed by atoms with Crippen molar-refractivity contribution in [2.75, 3.05) is 11.9 Å². The van der Waals surface area contributed by atoms with E-state index < -0.39 is 19.7 Å². The summed E-state index contributed by atoms with van der Waals surface area (Å²) in [6.45, 7) is 9.10. The Morgan fingerprint density at radius 3 is 2.52 bits per heavy atom. The number of nitrogens with one attached hydrogen (secondary N) is 1. The summed E-state index contributed by atoms with van der Waals surface area (Å²) in [5, 5.41) is 7.43. The number of halogens is 2. The third-order valence-electron chi connectivity index (χ3n) is 4.94. The highest BCUT2D eigenvalue weighted by Crippen LogP contribution is 2.34. The number of amides is 1. The van der Waals surface area contributed by atoms with Gasteiger partial charge in [-0.25, -0.2) is 13.5 Å². The van der Waals surface area contributed by atoms with Crippen LogP contribution < -0.4 is 5.32 Å². The van der Waals surface area contributed by atoms with Crippen molar-refractivity contribution in [1.29, 1.82) is 0 Å².